The lowest BCUT2D eigenvalue weighted by molar-refractivity contribution is -0.384. The third-order valence-electron chi connectivity index (χ3n) is 1.84. The molecule has 6 heteroatoms. The second kappa shape index (κ2) is 4.61. The van der Waals surface area contributed by atoms with Crippen LogP contribution < -0.4 is 11.1 Å². The number of nitrogens with two attached hydrogens (primary N) is 1. The molecule has 1 rings (SSSR count). The number of non-ortho nitro benzene ring substituents is 1. The third-order valence-corrected chi connectivity index (χ3v) is 1.84. The molecule has 0 aromatic heterocycles. The number of hydrogen-bond acceptors (Lipinski definition) is 5. The van der Waals surface area contributed by atoms with E-state index in [1.54, 1.807) is 13.0 Å². The third kappa shape index (κ3) is 3.10. The van der Waals surface area contributed by atoms with Gasteiger partial charge in [0.05, 0.1) is 11.5 Å². The van der Waals surface area contributed by atoms with E-state index in [0.29, 0.717) is 11.4 Å². The highest BCUT2D eigenvalue weighted by Gasteiger charge is 2.09. The summed E-state index contributed by atoms with van der Waals surface area (Å²) in [5.41, 5.74) is 6.29. The summed E-state index contributed by atoms with van der Waals surface area (Å²) in [5, 5.41) is 22.2. The molecular formula is C9H13N3O3. The lowest BCUT2D eigenvalue weighted by Crippen LogP contribution is -2.19. The van der Waals surface area contributed by atoms with E-state index in [4.69, 9.17) is 10.8 Å². The van der Waals surface area contributed by atoms with Gasteiger partial charge in [0.1, 0.15) is 0 Å². The van der Waals surface area contributed by atoms with Crippen LogP contribution in [0.5, 0.6) is 0 Å². The maximum atomic E-state index is 10.5. The number of rotatable bonds is 4. The fourth-order valence-electron chi connectivity index (χ4n) is 1.15. The molecule has 0 aliphatic heterocycles. The van der Waals surface area contributed by atoms with Crippen LogP contribution in [0.15, 0.2) is 18.2 Å². The molecule has 1 atom stereocenters. The topological polar surface area (TPSA) is 101 Å². The number of nitrogens with one attached hydrogen (secondary N) is 1. The van der Waals surface area contributed by atoms with Gasteiger partial charge in [0.25, 0.3) is 5.69 Å². The van der Waals surface area contributed by atoms with Crippen molar-refractivity contribution in [1.82, 2.24) is 0 Å². The molecule has 1 aromatic carbocycles. The summed E-state index contributed by atoms with van der Waals surface area (Å²) >= 11 is 0. The largest absolute Gasteiger partial charge is 0.398 e. The van der Waals surface area contributed by atoms with Gasteiger partial charge in [0.15, 0.2) is 0 Å². The van der Waals surface area contributed by atoms with Gasteiger partial charge >= 0.3 is 0 Å². The van der Waals surface area contributed by atoms with E-state index in [9.17, 15) is 10.1 Å². The van der Waals surface area contributed by atoms with Crippen molar-refractivity contribution in [2.75, 3.05) is 17.7 Å². The van der Waals surface area contributed by atoms with Gasteiger partial charge in [-0.15, -0.1) is 0 Å². The minimum absolute atomic E-state index is 0.0530. The van der Waals surface area contributed by atoms with Gasteiger partial charge in [-0.3, -0.25) is 10.1 Å². The molecule has 0 aliphatic rings. The van der Waals surface area contributed by atoms with Gasteiger partial charge in [0, 0.05) is 29.5 Å². The van der Waals surface area contributed by atoms with Crippen molar-refractivity contribution in [3.63, 3.8) is 0 Å². The van der Waals surface area contributed by atoms with E-state index < -0.39 is 4.92 Å². The van der Waals surface area contributed by atoms with Crippen LogP contribution in [-0.4, -0.2) is 22.7 Å². The van der Waals surface area contributed by atoms with Crippen LogP contribution in [0.2, 0.25) is 0 Å². The fraction of sp³-hybridized carbons (Fsp3) is 0.333. The summed E-state index contributed by atoms with van der Waals surface area (Å²) in [4.78, 5) is 10.0. The second-order valence-electron chi connectivity index (χ2n) is 3.30. The Kier molecular flexibility index (Phi) is 3.46. The van der Waals surface area contributed by atoms with Gasteiger partial charge in [-0.1, -0.05) is 0 Å². The molecule has 15 heavy (non-hydrogen) atoms. The molecule has 1 aromatic rings. The summed E-state index contributed by atoms with van der Waals surface area (Å²) in [7, 11) is 0. The average molecular weight is 211 g/mol. The van der Waals surface area contributed by atoms with Crippen LogP contribution in [-0.2, 0) is 0 Å². The maximum absolute atomic E-state index is 10.5. The standard InChI is InChI=1S/C9H13N3O3/c1-6(5-13)11-8-2-7(10)3-9(4-8)12(14)15/h2-4,6,11,13H,5,10H2,1H3. The number of hydrogen-bond donors (Lipinski definition) is 3. The van der Waals surface area contributed by atoms with Gasteiger partial charge in [0.2, 0.25) is 0 Å². The Morgan fingerprint density at radius 2 is 2.27 bits per heavy atom. The highest BCUT2D eigenvalue weighted by Crippen LogP contribution is 2.22. The van der Waals surface area contributed by atoms with Crippen LogP contribution >= 0.6 is 0 Å². The number of nitro benzene ring substituents is 1. The highest BCUT2D eigenvalue weighted by atomic mass is 16.6. The van der Waals surface area contributed by atoms with E-state index in [0.717, 1.165) is 0 Å². The Morgan fingerprint density at radius 1 is 1.60 bits per heavy atom. The molecule has 0 saturated heterocycles. The molecule has 0 radical (unpaired) electrons. The molecule has 0 bridgehead atoms. The number of nitrogen functional groups attached to an aromatic ring is 1. The first-order chi connectivity index (χ1) is 7.02. The van der Waals surface area contributed by atoms with Crippen LogP contribution in [0, 0.1) is 10.1 Å². The SMILES string of the molecule is CC(CO)Nc1cc(N)cc([N+](=O)[O-])c1. The van der Waals surface area contributed by atoms with Crippen molar-refractivity contribution >= 4 is 17.1 Å². The fourth-order valence-corrected chi connectivity index (χ4v) is 1.15. The van der Waals surface area contributed by atoms with Crippen molar-refractivity contribution in [3.05, 3.63) is 28.3 Å². The molecule has 0 amide bonds. The summed E-state index contributed by atoms with van der Waals surface area (Å²) < 4.78 is 0. The minimum Gasteiger partial charge on any atom is -0.398 e. The normalized spacial score (nSPS) is 12.1. The van der Waals surface area contributed by atoms with Crippen molar-refractivity contribution in [1.29, 1.82) is 0 Å². The molecule has 4 N–H and O–H groups in total. The first-order valence-corrected chi connectivity index (χ1v) is 4.45. The number of anilines is 2. The summed E-state index contributed by atoms with van der Waals surface area (Å²) in [6, 6.07) is 4.07. The summed E-state index contributed by atoms with van der Waals surface area (Å²) in [6.45, 7) is 1.71. The lowest BCUT2D eigenvalue weighted by atomic mass is 10.2. The van der Waals surface area contributed by atoms with Crippen molar-refractivity contribution in [2.24, 2.45) is 0 Å². The van der Waals surface area contributed by atoms with E-state index in [2.05, 4.69) is 5.32 Å². The molecular weight excluding hydrogens is 198 g/mol. The van der Waals surface area contributed by atoms with E-state index in [1.807, 2.05) is 0 Å². The first-order valence-electron chi connectivity index (χ1n) is 4.45. The molecule has 0 spiro atoms. The zero-order chi connectivity index (χ0) is 11.4. The number of aliphatic hydroxyl groups is 1. The zero-order valence-corrected chi connectivity index (χ0v) is 8.30. The van der Waals surface area contributed by atoms with Crippen LogP contribution in [0.4, 0.5) is 17.1 Å². The number of aliphatic hydroxyl groups excluding tert-OH is 1. The average Bonchev–Trinajstić information content (AvgIpc) is 2.16. The predicted octanol–water partition coefficient (Wildman–Crippen LogP) is 0.970. The molecule has 6 nitrogen and oxygen atoms in total. The van der Waals surface area contributed by atoms with Gasteiger partial charge < -0.3 is 16.2 Å². The second-order valence-corrected chi connectivity index (χ2v) is 3.30. The van der Waals surface area contributed by atoms with Crippen molar-refractivity contribution in [3.8, 4) is 0 Å². The molecule has 0 aliphatic carbocycles. The Bertz CT molecular complexity index is 368. The Labute approximate surface area is 86.9 Å². The maximum Gasteiger partial charge on any atom is 0.273 e. The summed E-state index contributed by atoms with van der Waals surface area (Å²) in [6.07, 6.45) is 0. The van der Waals surface area contributed by atoms with E-state index in [1.165, 1.54) is 12.1 Å². The predicted molar refractivity (Wildman–Crippen MR) is 57.7 cm³/mol. The Balaban J connectivity index is 2.93. The number of nitrogens with zero attached hydrogens (tertiary/aromatic N) is 1. The van der Waals surface area contributed by atoms with Gasteiger partial charge in [-0.05, 0) is 13.0 Å². The lowest BCUT2D eigenvalue weighted by Gasteiger charge is -2.12. The number of nitro groups is 1. The first kappa shape index (κ1) is 11.3. The van der Waals surface area contributed by atoms with Gasteiger partial charge in [-0.25, -0.2) is 0 Å². The quantitative estimate of drug-likeness (QED) is 0.391. The van der Waals surface area contributed by atoms with E-state index in [-0.39, 0.29) is 18.3 Å². The molecule has 82 valence electrons. The smallest absolute Gasteiger partial charge is 0.273 e. The zero-order valence-electron chi connectivity index (χ0n) is 8.30. The molecule has 0 saturated carbocycles. The number of benzene rings is 1. The minimum atomic E-state index is -0.509. The molecule has 1 unspecified atom stereocenters. The van der Waals surface area contributed by atoms with Crippen molar-refractivity contribution < 1.29 is 10.0 Å². The Hall–Kier alpha value is -1.82. The Morgan fingerprint density at radius 3 is 2.80 bits per heavy atom. The monoisotopic (exact) mass is 211 g/mol. The highest BCUT2D eigenvalue weighted by molar-refractivity contribution is 5.61. The van der Waals surface area contributed by atoms with Crippen LogP contribution in [0.25, 0.3) is 0 Å². The summed E-state index contributed by atoms with van der Waals surface area (Å²) in [5.74, 6) is 0. The van der Waals surface area contributed by atoms with Crippen LogP contribution in [0.1, 0.15) is 6.92 Å². The van der Waals surface area contributed by atoms with Gasteiger partial charge in [-0.2, -0.15) is 0 Å². The van der Waals surface area contributed by atoms with Crippen LogP contribution in [0.3, 0.4) is 0 Å². The molecule has 0 fully saturated rings. The van der Waals surface area contributed by atoms with E-state index >= 15 is 0 Å². The molecule has 0 heterocycles. The van der Waals surface area contributed by atoms with Crippen molar-refractivity contribution in [2.45, 2.75) is 13.0 Å².